The zero-order valence-electron chi connectivity index (χ0n) is 17.1. The molecule has 0 bridgehead atoms. The third-order valence-corrected chi connectivity index (χ3v) is 6.16. The summed E-state index contributed by atoms with van der Waals surface area (Å²) in [6, 6.07) is 15.3. The SMILES string of the molecule is N#Cc1ccc(N2CC(c3ccc(C(F)(F)F)cc3)CC[C@H]2CO[C@@H]2CCOC2)cc1. The highest BCUT2D eigenvalue weighted by molar-refractivity contribution is 5.51. The van der Waals surface area contributed by atoms with Gasteiger partial charge in [0.15, 0.2) is 0 Å². The summed E-state index contributed by atoms with van der Waals surface area (Å²) < 4.78 is 50.2. The first-order chi connectivity index (χ1) is 14.9. The molecule has 0 amide bonds. The van der Waals surface area contributed by atoms with E-state index in [1.807, 2.05) is 12.1 Å². The molecule has 2 aliphatic rings. The summed E-state index contributed by atoms with van der Waals surface area (Å²) in [5.41, 5.74) is 1.87. The van der Waals surface area contributed by atoms with Gasteiger partial charge in [-0.2, -0.15) is 18.4 Å². The molecule has 3 atom stereocenters. The van der Waals surface area contributed by atoms with E-state index < -0.39 is 11.7 Å². The van der Waals surface area contributed by atoms with Crippen molar-refractivity contribution in [2.24, 2.45) is 0 Å². The molecule has 2 aliphatic heterocycles. The normalized spacial score (nSPS) is 24.2. The minimum absolute atomic E-state index is 0.121. The van der Waals surface area contributed by atoms with E-state index in [1.54, 1.807) is 24.3 Å². The lowest BCUT2D eigenvalue weighted by molar-refractivity contribution is -0.137. The summed E-state index contributed by atoms with van der Waals surface area (Å²) in [4.78, 5) is 2.27. The summed E-state index contributed by atoms with van der Waals surface area (Å²) in [6.07, 6.45) is -1.55. The van der Waals surface area contributed by atoms with E-state index in [0.29, 0.717) is 25.3 Å². The molecular formula is C24H25F3N2O2. The fourth-order valence-electron chi connectivity index (χ4n) is 4.35. The van der Waals surface area contributed by atoms with Gasteiger partial charge in [-0.05, 0) is 61.2 Å². The maximum Gasteiger partial charge on any atom is 0.416 e. The number of alkyl halides is 3. The Morgan fingerprint density at radius 3 is 2.39 bits per heavy atom. The molecule has 0 aliphatic carbocycles. The van der Waals surface area contributed by atoms with Crippen LogP contribution in [-0.2, 0) is 15.7 Å². The number of rotatable bonds is 5. The zero-order chi connectivity index (χ0) is 21.8. The molecule has 0 spiro atoms. The molecule has 2 heterocycles. The minimum Gasteiger partial charge on any atom is -0.379 e. The topological polar surface area (TPSA) is 45.5 Å². The third-order valence-electron chi connectivity index (χ3n) is 6.16. The van der Waals surface area contributed by atoms with Crippen molar-refractivity contribution < 1.29 is 22.6 Å². The van der Waals surface area contributed by atoms with Gasteiger partial charge in [-0.3, -0.25) is 0 Å². The minimum atomic E-state index is -4.33. The van der Waals surface area contributed by atoms with Gasteiger partial charge in [-0.1, -0.05) is 12.1 Å². The van der Waals surface area contributed by atoms with Gasteiger partial charge >= 0.3 is 6.18 Å². The highest BCUT2D eigenvalue weighted by Crippen LogP contribution is 2.36. The van der Waals surface area contributed by atoms with Crippen LogP contribution < -0.4 is 4.90 Å². The van der Waals surface area contributed by atoms with Crippen LogP contribution in [-0.4, -0.2) is 38.5 Å². The van der Waals surface area contributed by atoms with Crippen LogP contribution in [0.4, 0.5) is 18.9 Å². The quantitative estimate of drug-likeness (QED) is 0.659. The highest BCUT2D eigenvalue weighted by Gasteiger charge is 2.33. The second-order valence-corrected chi connectivity index (χ2v) is 8.18. The Bertz CT molecular complexity index is 900. The van der Waals surface area contributed by atoms with Crippen molar-refractivity contribution in [1.82, 2.24) is 0 Å². The Labute approximate surface area is 180 Å². The first kappa shape index (κ1) is 21.7. The van der Waals surface area contributed by atoms with Gasteiger partial charge in [0.05, 0.1) is 42.6 Å². The van der Waals surface area contributed by atoms with E-state index in [2.05, 4.69) is 11.0 Å². The molecule has 2 aromatic rings. The Balaban J connectivity index is 1.51. The molecule has 31 heavy (non-hydrogen) atoms. The van der Waals surface area contributed by atoms with Crippen LogP contribution in [0.25, 0.3) is 0 Å². The molecule has 4 rings (SSSR count). The number of hydrogen-bond donors (Lipinski definition) is 0. The van der Waals surface area contributed by atoms with Crippen molar-refractivity contribution in [2.75, 3.05) is 31.3 Å². The van der Waals surface area contributed by atoms with E-state index >= 15 is 0 Å². The number of nitrogens with zero attached hydrogens (tertiary/aromatic N) is 2. The van der Waals surface area contributed by atoms with Gasteiger partial charge in [0, 0.05) is 24.8 Å². The Hall–Kier alpha value is -2.56. The lowest BCUT2D eigenvalue weighted by atomic mass is 9.86. The van der Waals surface area contributed by atoms with Crippen molar-refractivity contribution in [3.63, 3.8) is 0 Å². The molecule has 0 aromatic heterocycles. The molecule has 2 aromatic carbocycles. The zero-order valence-corrected chi connectivity index (χ0v) is 17.1. The average molecular weight is 430 g/mol. The number of nitriles is 1. The van der Waals surface area contributed by atoms with Crippen LogP contribution in [0, 0.1) is 11.3 Å². The predicted molar refractivity (Wildman–Crippen MR) is 111 cm³/mol. The van der Waals surface area contributed by atoms with Gasteiger partial charge in [-0.15, -0.1) is 0 Å². The molecule has 2 fully saturated rings. The molecular weight excluding hydrogens is 405 g/mol. The van der Waals surface area contributed by atoms with E-state index in [-0.39, 0.29) is 18.1 Å². The van der Waals surface area contributed by atoms with Gasteiger partial charge in [0.2, 0.25) is 0 Å². The molecule has 0 saturated carbocycles. The van der Waals surface area contributed by atoms with Gasteiger partial charge < -0.3 is 14.4 Å². The number of benzene rings is 2. The summed E-state index contributed by atoms with van der Waals surface area (Å²) in [7, 11) is 0. The number of anilines is 1. The van der Waals surface area contributed by atoms with E-state index in [4.69, 9.17) is 14.7 Å². The molecule has 7 heteroatoms. The van der Waals surface area contributed by atoms with Crippen LogP contribution in [0.3, 0.4) is 0 Å². The second kappa shape index (κ2) is 9.29. The lowest BCUT2D eigenvalue weighted by Gasteiger charge is -2.41. The van der Waals surface area contributed by atoms with E-state index in [0.717, 1.165) is 49.3 Å². The average Bonchev–Trinajstić information content (AvgIpc) is 3.31. The predicted octanol–water partition coefficient (Wildman–Crippen LogP) is 5.14. The fourth-order valence-corrected chi connectivity index (χ4v) is 4.35. The van der Waals surface area contributed by atoms with Crippen molar-refractivity contribution >= 4 is 5.69 Å². The number of piperidine rings is 1. The molecule has 4 nitrogen and oxygen atoms in total. The van der Waals surface area contributed by atoms with Crippen LogP contribution in [0.1, 0.15) is 41.9 Å². The molecule has 0 N–H and O–H groups in total. The van der Waals surface area contributed by atoms with Crippen LogP contribution >= 0.6 is 0 Å². The molecule has 0 radical (unpaired) electrons. The van der Waals surface area contributed by atoms with Crippen LogP contribution in [0.15, 0.2) is 48.5 Å². The first-order valence-electron chi connectivity index (χ1n) is 10.6. The number of halogens is 3. The van der Waals surface area contributed by atoms with Crippen LogP contribution in [0.5, 0.6) is 0 Å². The Morgan fingerprint density at radius 2 is 1.77 bits per heavy atom. The highest BCUT2D eigenvalue weighted by atomic mass is 19.4. The third kappa shape index (κ3) is 5.20. The maximum atomic E-state index is 12.9. The monoisotopic (exact) mass is 430 g/mol. The van der Waals surface area contributed by atoms with Crippen molar-refractivity contribution in [3.8, 4) is 6.07 Å². The second-order valence-electron chi connectivity index (χ2n) is 8.18. The Kier molecular flexibility index (Phi) is 6.49. The molecule has 2 saturated heterocycles. The number of hydrogen-bond acceptors (Lipinski definition) is 4. The van der Waals surface area contributed by atoms with Gasteiger partial charge in [0.1, 0.15) is 0 Å². The fraction of sp³-hybridized carbons (Fsp3) is 0.458. The smallest absolute Gasteiger partial charge is 0.379 e. The molecule has 1 unspecified atom stereocenters. The lowest BCUT2D eigenvalue weighted by Crippen LogP contribution is -2.46. The van der Waals surface area contributed by atoms with E-state index in [9.17, 15) is 13.2 Å². The van der Waals surface area contributed by atoms with Crippen molar-refractivity contribution in [3.05, 3.63) is 65.2 Å². The van der Waals surface area contributed by atoms with Gasteiger partial charge in [0.25, 0.3) is 0 Å². The standard InChI is InChI=1S/C24H25F3N2O2/c25-24(26,27)20-6-3-18(4-7-20)19-5-10-22(15-31-23-11-12-30-16-23)29(14-19)21-8-1-17(13-28)2-9-21/h1-4,6-9,19,22-23H,5,10-12,14-16H2/t19?,22-,23+/m0/s1. The summed E-state index contributed by atoms with van der Waals surface area (Å²) in [5.74, 6) is 0.129. The number of ether oxygens (including phenoxy) is 2. The largest absolute Gasteiger partial charge is 0.416 e. The van der Waals surface area contributed by atoms with Gasteiger partial charge in [-0.25, -0.2) is 0 Å². The maximum absolute atomic E-state index is 12.9. The van der Waals surface area contributed by atoms with Crippen LogP contribution in [0.2, 0.25) is 0 Å². The summed E-state index contributed by atoms with van der Waals surface area (Å²) in [5, 5.41) is 9.09. The summed E-state index contributed by atoms with van der Waals surface area (Å²) >= 11 is 0. The summed E-state index contributed by atoms with van der Waals surface area (Å²) in [6.45, 7) is 2.61. The van der Waals surface area contributed by atoms with Crippen molar-refractivity contribution in [2.45, 2.75) is 43.5 Å². The van der Waals surface area contributed by atoms with Crippen molar-refractivity contribution in [1.29, 1.82) is 5.26 Å². The Morgan fingerprint density at radius 1 is 1.03 bits per heavy atom. The van der Waals surface area contributed by atoms with E-state index in [1.165, 1.54) is 0 Å². The molecule has 164 valence electrons. The first-order valence-corrected chi connectivity index (χ1v) is 10.6.